The molecule has 1 atom stereocenters. The largest absolute Gasteiger partial charge is 0.472 e. The van der Waals surface area contributed by atoms with Gasteiger partial charge in [0.25, 0.3) is 0 Å². The second-order valence-corrected chi connectivity index (χ2v) is 4.03. The summed E-state index contributed by atoms with van der Waals surface area (Å²) >= 11 is 0. The van der Waals surface area contributed by atoms with Crippen LogP contribution < -0.4 is 5.73 Å². The number of nitrogens with two attached hydrogens (primary N) is 1. The van der Waals surface area contributed by atoms with E-state index in [0.717, 1.165) is 25.1 Å². The molecule has 0 spiro atoms. The Balaban J connectivity index is 1.83. The maximum atomic E-state index is 11.6. The molecule has 0 aromatic carbocycles. The first-order valence-electron chi connectivity index (χ1n) is 5.28. The Hall–Kier alpha value is -1.29. The molecule has 2 N–H and O–H groups in total. The monoisotopic (exact) mass is 208 g/mol. The van der Waals surface area contributed by atoms with Crippen molar-refractivity contribution in [1.82, 2.24) is 4.90 Å². The lowest BCUT2D eigenvalue weighted by Crippen LogP contribution is -2.28. The maximum absolute atomic E-state index is 11.6. The van der Waals surface area contributed by atoms with Crippen LogP contribution in [0, 0.1) is 5.92 Å². The lowest BCUT2D eigenvalue weighted by molar-refractivity contribution is -0.127. The average molecular weight is 208 g/mol. The molecule has 1 fully saturated rings. The molecule has 1 aromatic rings. The lowest BCUT2D eigenvalue weighted by Gasteiger charge is -2.15. The van der Waals surface area contributed by atoms with Crippen molar-refractivity contribution in [3.63, 3.8) is 0 Å². The van der Waals surface area contributed by atoms with Gasteiger partial charge in [0.2, 0.25) is 5.91 Å². The van der Waals surface area contributed by atoms with Crippen LogP contribution in [0.3, 0.4) is 0 Å². The topological polar surface area (TPSA) is 59.5 Å². The zero-order chi connectivity index (χ0) is 10.7. The zero-order valence-electron chi connectivity index (χ0n) is 8.69. The highest BCUT2D eigenvalue weighted by molar-refractivity contribution is 5.78. The quantitative estimate of drug-likeness (QED) is 0.789. The minimum Gasteiger partial charge on any atom is -0.472 e. The number of hydrogen-bond acceptors (Lipinski definition) is 3. The maximum Gasteiger partial charge on any atom is 0.222 e. The molecule has 1 aliphatic heterocycles. The Labute approximate surface area is 89.0 Å². The van der Waals surface area contributed by atoms with E-state index in [0.29, 0.717) is 18.9 Å². The van der Waals surface area contributed by atoms with Crippen molar-refractivity contribution in [3.05, 3.63) is 24.2 Å². The Morgan fingerprint density at radius 1 is 1.60 bits per heavy atom. The number of carbonyl (C=O) groups is 1. The Morgan fingerprint density at radius 3 is 3.07 bits per heavy atom. The molecule has 1 aliphatic rings. The SMILES string of the molecule is NCC1CC(=O)N(CCc2ccoc2)C1. The van der Waals surface area contributed by atoms with Crippen molar-refractivity contribution in [1.29, 1.82) is 0 Å². The highest BCUT2D eigenvalue weighted by Crippen LogP contribution is 2.16. The van der Waals surface area contributed by atoms with Gasteiger partial charge in [-0.05, 0) is 30.5 Å². The van der Waals surface area contributed by atoms with Crippen LogP contribution in [0.5, 0.6) is 0 Å². The van der Waals surface area contributed by atoms with Crippen molar-refractivity contribution in [3.8, 4) is 0 Å². The first kappa shape index (κ1) is 10.2. The first-order valence-corrected chi connectivity index (χ1v) is 5.28. The number of rotatable bonds is 4. The summed E-state index contributed by atoms with van der Waals surface area (Å²) in [5, 5.41) is 0. The van der Waals surface area contributed by atoms with Gasteiger partial charge < -0.3 is 15.1 Å². The van der Waals surface area contributed by atoms with E-state index in [1.54, 1.807) is 12.5 Å². The van der Waals surface area contributed by atoms with E-state index in [1.807, 2.05) is 11.0 Å². The zero-order valence-corrected chi connectivity index (χ0v) is 8.69. The molecule has 2 heterocycles. The summed E-state index contributed by atoms with van der Waals surface area (Å²) < 4.78 is 4.98. The molecule has 1 aromatic heterocycles. The number of amides is 1. The van der Waals surface area contributed by atoms with Crippen LogP contribution in [-0.4, -0.2) is 30.4 Å². The van der Waals surface area contributed by atoms with Gasteiger partial charge in [-0.2, -0.15) is 0 Å². The fourth-order valence-electron chi connectivity index (χ4n) is 1.93. The number of likely N-dealkylation sites (tertiary alicyclic amines) is 1. The van der Waals surface area contributed by atoms with Crippen LogP contribution in [0.2, 0.25) is 0 Å². The normalized spacial score (nSPS) is 21.3. The third-order valence-electron chi connectivity index (χ3n) is 2.88. The smallest absolute Gasteiger partial charge is 0.222 e. The van der Waals surface area contributed by atoms with Gasteiger partial charge in [-0.15, -0.1) is 0 Å². The second-order valence-electron chi connectivity index (χ2n) is 4.03. The summed E-state index contributed by atoms with van der Waals surface area (Å²) in [4.78, 5) is 13.4. The van der Waals surface area contributed by atoms with E-state index in [-0.39, 0.29) is 5.91 Å². The van der Waals surface area contributed by atoms with Gasteiger partial charge in [0, 0.05) is 19.5 Å². The molecule has 1 unspecified atom stereocenters. The van der Waals surface area contributed by atoms with Crippen LogP contribution in [-0.2, 0) is 11.2 Å². The highest BCUT2D eigenvalue weighted by atomic mass is 16.3. The lowest BCUT2D eigenvalue weighted by atomic mass is 10.1. The van der Waals surface area contributed by atoms with Gasteiger partial charge in [0.15, 0.2) is 0 Å². The van der Waals surface area contributed by atoms with E-state index < -0.39 is 0 Å². The minimum atomic E-state index is 0.231. The summed E-state index contributed by atoms with van der Waals surface area (Å²) in [6.07, 6.45) is 4.85. The van der Waals surface area contributed by atoms with Crippen molar-refractivity contribution in [2.24, 2.45) is 11.7 Å². The predicted molar refractivity (Wildman–Crippen MR) is 56.2 cm³/mol. The summed E-state index contributed by atoms with van der Waals surface area (Å²) in [7, 11) is 0. The highest BCUT2D eigenvalue weighted by Gasteiger charge is 2.27. The molecule has 0 bridgehead atoms. The van der Waals surface area contributed by atoms with E-state index in [9.17, 15) is 4.79 Å². The van der Waals surface area contributed by atoms with Crippen LogP contribution >= 0.6 is 0 Å². The predicted octanol–water partition coefficient (Wildman–Crippen LogP) is 0.629. The number of furan rings is 1. The Morgan fingerprint density at radius 2 is 2.47 bits per heavy atom. The minimum absolute atomic E-state index is 0.231. The molecule has 0 radical (unpaired) electrons. The van der Waals surface area contributed by atoms with Crippen LogP contribution in [0.4, 0.5) is 0 Å². The molecule has 15 heavy (non-hydrogen) atoms. The van der Waals surface area contributed by atoms with Gasteiger partial charge in [-0.25, -0.2) is 0 Å². The third-order valence-corrected chi connectivity index (χ3v) is 2.88. The third kappa shape index (κ3) is 2.39. The fraction of sp³-hybridized carbons (Fsp3) is 0.545. The number of nitrogens with zero attached hydrogens (tertiary/aromatic N) is 1. The van der Waals surface area contributed by atoms with E-state index in [1.165, 1.54) is 0 Å². The molecular formula is C11H16N2O2. The molecule has 1 saturated heterocycles. The molecule has 0 aliphatic carbocycles. The van der Waals surface area contributed by atoms with Gasteiger partial charge in [0.1, 0.15) is 0 Å². The van der Waals surface area contributed by atoms with Crippen molar-refractivity contribution in [2.45, 2.75) is 12.8 Å². The van der Waals surface area contributed by atoms with Crippen molar-refractivity contribution in [2.75, 3.05) is 19.6 Å². The average Bonchev–Trinajstić information content (AvgIpc) is 2.84. The summed E-state index contributed by atoms with van der Waals surface area (Å²) in [6, 6.07) is 1.93. The van der Waals surface area contributed by atoms with Gasteiger partial charge >= 0.3 is 0 Å². The molecule has 0 saturated carbocycles. The fourth-order valence-corrected chi connectivity index (χ4v) is 1.93. The van der Waals surface area contributed by atoms with Crippen LogP contribution in [0.1, 0.15) is 12.0 Å². The van der Waals surface area contributed by atoms with E-state index in [2.05, 4.69) is 0 Å². The Bertz CT molecular complexity index is 321. The molecule has 4 heteroatoms. The molecule has 4 nitrogen and oxygen atoms in total. The number of hydrogen-bond donors (Lipinski definition) is 1. The molecule has 1 amide bonds. The van der Waals surface area contributed by atoms with Crippen LogP contribution in [0.15, 0.2) is 23.0 Å². The molecular weight excluding hydrogens is 192 g/mol. The van der Waals surface area contributed by atoms with E-state index >= 15 is 0 Å². The summed E-state index contributed by atoms with van der Waals surface area (Å²) in [5.41, 5.74) is 6.69. The first-order chi connectivity index (χ1) is 7.29. The molecule has 82 valence electrons. The second kappa shape index (κ2) is 4.49. The van der Waals surface area contributed by atoms with Gasteiger partial charge in [-0.1, -0.05) is 0 Å². The Kier molecular flexibility index (Phi) is 3.06. The van der Waals surface area contributed by atoms with Crippen LogP contribution in [0.25, 0.3) is 0 Å². The van der Waals surface area contributed by atoms with Gasteiger partial charge in [0.05, 0.1) is 12.5 Å². The number of carbonyl (C=O) groups excluding carboxylic acids is 1. The van der Waals surface area contributed by atoms with E-state index in [4.69, 9.17) is 10.2 Å². The summed E-state index contributed by atoms with van der Waals surface area (Å²) in [6.45, 7) is 2.19. The van der Waals surface area contributed by atoms with Gasteiger partial charge in [-0.3, -0.25) is 4.79 Å². The van der Waals surface area contributed by atoms with Crippen molar-refractivity contribution >= 4 is 5.91 Å². The van der Waals surface area contributed by atoms with Crippen molar-refractivity contribution < 1.29 is 9.21 Å². The standard InChI is InChI=1S/C11H16N2O2/c12-6-10-5-11(14)13(7-10)3-1-9-2-4-15-8-9/h2,4,8,10H,1,3,5-7,12H2. The molecule has 2 rings (SSSR count). The summed E-state index contributed by atoms with van der Waals surface area (Å²) in [5.74, 6) is 0.579.